The van der Waals surface area contributed by atoms with Crippen molar-refractivity contribution in [2.75, 3.05) is 49.2 Å². The van der Waals surface area contributed by atoms with Crippen molar-refractivity contribution in [1.29, 1.82) is 0 Å². The molecule has 5 aromatic heterocycles. The molecule has 5 aliphatic carbocycles. The van der Waals surface area contributed by atoms with E-state index in [4.69, 9.17) is 28.9 Å². The first-order valence-corrected chi connectivity index (χ1v) is 45.1. The Balaban J connectivity index is 0.000000144. The van der Waals surface area contributed by atoms with Crippen LogP contribution < -0.4 is 9.80 Å². The summed E-state index contributed by atoms with van der Waals surface area (Å²) in [6.07, 6.45) is 14.0. The summed E-state index contributed by atoms with van der Waals surface area (Å²) in [5.41, 5.74) is 13.4. The molecule has 121 heavy (non-hydrogen) atoms. The van der Waals surface area contributed by atoms with Crippen molar-refractivity contribution in [3.05, 3.63) is 143 Å². The summed E-state index contributed by atoms with van der Waals surface area (Å²) in [4.78, 5) is 109. The molecule has 660 valence electrons. The van der Waals surface area contributed by atoms with Crippen LogP contribution in [0, 0.1) is 0 Å². The van der Waals surface area contributed by atoms with Crippen LogP contribution in [-0.2, 0) is 149 Å². The van der Waals surface area contributed by atoms with Gasteiger partial charge in [0.25, 0.3) is 0 Å². The van der Waals surface area contributed by atoms with Gasteiger partial charge in [0.2, 0.25) is 23.5 Å². The fourth-order valence-corrected chi connectivity index (χ4v) is 18.7. The third kappa shape index (κ3) is 21.3. The van der Waals surface area contributed by atoms with E-state index in [-0.39, 0.29) is 87.1 Å². The average molecular weight is 1820 g/mol. The number of rotatable bonds is 23. The predicted molar refractivity (Wildman–Crippen MR) is 449 cm³/mol. The van der Waals surface area contributed by atoms with Crippen molar-refractivity contribution in [2.24, 2.45) is 0 Å². The number of hydrogen-bond acceptors (Lipinski definition) is 16. The molecule has 2 spiro atoms. The number of likely N-dealkylation sites (tertiary alicyclic amines) is 2. The smallest absolute Gasteiger partial charge is 0.410 e. The molecule has 33 heteroatoms. The van der Waals surface area contributed by atoms with Crippen LogP contribution in [-0.4, -0.2) is 163 Å². The number of aromatic amines is 1. The third-order valence-corrected chi connectivity index (χ3v) is 24.8. The monoisotopic (exact) mass is 1820 g/mol. The van der Waals surface area contributed by atoms with Gasteiger partial charge in [-0.3, -0.25) is 9.59 Å². The Morgan fingerprint density at radius 3 is 1.24 bits per heavy atom. The molecule has 7 aromatic rings. The van der Waals surface area contributed by atoms with Gasteiger partial charge in [0.1, 0.15) is 34.9 Å². The molecular weight excluding hydrogens is 1700 g/mol. The molecule has 2 N–H and O–H groups in total. The van der Waals surface area contributed by atoms with Crippen molar-refractivity contribution in [3.8, 4) is 0 Å². The molecule has 25 nitrogen and oxygen atoms in total. The van der Waals surface area contributed by atoms with E-state index in [0.717, 1.165) is 206 Å². The van der Waals surface area contributed by atoms with Gasteiger partial charge < -0.3 is 66.9 Å². The van der Waals surface area contributed by atoms with Crippen molar-refractivity contribution >= 4 is 79.2 Å². The number of aryl methyl sites for hydroxylation is 6. The van der Waals surface area contributed by atoms with Gasteiger partial charge in [0.15, 0.2) is 0 Å². The lowest BCUT2D eigenvalue weighted by Gasteiger charge is -2.46. The molecule has 0 radical (unpaired) electrons. The zero-order chi connectivity index (χ0) is 86.7. The highest BCUT2D eigenvalue weighted by Crippen LogP contribution is 2.51. The number of unbranched alkanes of at least 4 members (excludes halogenated alkanes) is 2. The maximum Gasteiger partial charge on any atom is 0.410 e. The fraction of sp³-hybridized carbons (Fsp3) is 0.625. The van der Waals surface area contributed by atoms with Crippen LogP contribution in [0.25, 0.3) is 0 Å². The minimum Gasteiger partial charge on any atom is -0.460 e. The largest absolute Gasteiger partial charge is 0.460 e. The molecule has 9 heterocycles. The number of H-pyrrole nitrogens is 1. The lowest BCUT2D eigenvalue weighted by molar-refractivity contribution is -0.136. The van der Waals surface area contributed by atoms with E-state index in [9.17, 15) is 60.2 Å². The minimum absolute atomic E-state index is 0.0410. The van der Waals surface area contributed by atoms with E-state index in [2.05, 4.69) is 74.8 Å². The van der Waals surface area contributed by atoms with Crippen molar-refractivity contribution in [2.45, 2.75) is 316 Å². The molecular formula is C88H116Br2F6N14O11. The number of anilines is 2. The van der Waals surface area contributed by atoms with Gasteiger partial charge >= 0.3 is 36.5 Å². The van der Waals surface area contributed by atoms with Crippen LogP contribution in [0.1, 0.15) is 278 Å². The first kappa shape index (κ1) is 91.6. The van der Waals surface area contributed by atoms with Crippen molar-refractivity contribution in [1.82, 2.24) is 58.0 Å². The van der Waals surface area contributed by atoms with E-state index in [1.807, 2.05) is 73.9 Å². The highest BCUT2D eigenvalue weighted by molar-refractivity contribution is 9.10. The van der Waals surface area contributed by atoms with Crippen LogP contribution in [0.15, 0.2) is 45.3 Å². The molecule has 0 saturated carbocycles. The summed E-state index contributed by atoms with van der Waals surface area (Å²) < 4.78 is 104. The number of aliphatic hydroxyl groups is 1. The van der Waals surface area contributed by atoms with Gasteiger partial charge in [0.05, 0.1) is 67.0 Å². The molecule has 9 aliphatic rings. The quantitative estimate of drug-likeness (QED) is 0.0342. The number of esters is 2. The molecule has 0 atom stereocenters. The number of nitrogens with zero attached hydrogens (tertiary/aromatic N) is 13. The average Bonchev–Trinajstić information content (AvgIpc) is 1.55. The van der Waals surface area contributed by atoms with E-state index in [1.165, 1.54) is 61.3 Å². The van der Waals surface area contributed by atoms with Crippen molar-refractivity contribution < 1.29 is 79.2 Å². The first-order chi connectivity index (χ1) is 57.9. The summed E-state index contributed by atoms with van der Waals surface area (Å²) in [7, 11) is 0. The van der Waals surface area contributed by atoms with Crippen LogP contribution in [0.3, 0.4) is 0 Å². The Kier molecular flexibility index (Phi) is 30.6. The number of halogens is 8. The SMILES string of the molecule is CCCCn1c(CN2C(=O)C3(CN(C(=O)OC(C)C)C3)c3cc(Br)ccc32)nc2c1CCCC2.CCCCn1c(CN2C(=O)C3(CN(C(=O)OC(C)C)C3)c3cc(Br)ccc32)nc2c1CCCC2.CCOC(=O)c1nc2c([nH]1)CCCC2.CCOC(=O)c1nc2c(n1CCCC(F)(F)F)CCCC2.OCc1nc2c(n1CCCC(F)(F)F)CCCC2. The van der Waals surface area contributed by atoms with Crippen LogP contribution >= 0.6 is 31.9 Å². The highest BCUT2D eigenvalue weighted by Gasteiger charge is 2.61. The molecule has 2 aromatic carbocycles. The first-order valence-electron chi connectivity index (χ1n) is 43.5. The van der Waals surface area contributed by atoms with Gasteiger partial charge in [-0.25, -0.2) is 44.1 Å². The number of alkyl halides is 6. The second-order valence-electron chi connectivity index (χ2n) is 33.3. The predicted octanol–water partition coefficient (Wildman–Crippen LogP) is 17.3. The number of carbonyl (C=O) groups excluding carboxylic acids is 6. The lowest BCUT2D eigenvalue weighted by atomic mass is 9.75. The maximum atomic E-state index is 13.9. The van der Waals surface area contributed by atoms with Gasteiger partial charge in [-0.15, -0.1) is 0 Å². The number of nitrogens with one attached hydrogen (secondary N) is 1. The Labute approximate surface area is 720 Å². The van der Waals surface area contributed by atoms with Gasteiger partial charge in [-0.05, 0) is 243 Å². The maximum absolute atomic E-state index is 13.9. The van der Waals surface area contributed by atoms with Crippen molar-refractivity contribution in [3.63, 3.8) is 0 Å². The number of benzene rings is 2. The second-order valence-corrected chi connectivity index (χ2v) is 35.2. The number of amides is 4. The number of aromatic nitrogens is 10. The third-order valence-electron chi connectivity index (χ3n) is 23.8. The number of carbonyl (C=O) groups is 6. The zero-order valence-corrected chi connectivity index (χ0v) is 74.1. The molecule has 0 unspecified atom stereocenters. The summed E-state index contributed by atoms with van der Waals surface area (Å²) in [6.45, 7) is 20.3. The normalized spacial score (nSPS) is 17.0. The molecule has 16 rings (SSSR count). The molecule has 2 saturated heterocycles. The van der Waals surface area contributed by atoms with E-state index in [0.29, 0.717) is 57.5 Å². The Morgan fingerprint density at radius 2 is 0.843 bits per heavy atom. The summed E-state index contributed by atoms with van der Waals surface area (Å²) in [5, 5.41) is 9.22. The number of aliphatic hydroxyl groups excluding tert-OH is 1. The number of fused-ring (bicyclic) bond motifs is 9. The number of imidazole rings is 5. The standard InChI is InChI=1S/2C26H33BrN4O3.C14H19F3N2O2.C12H17F3N2O.C10H14N2O2/c2*1-4-5-12-30-22-9-7-6-8-20(22)28-23(30)14-31-21-11-10-18(27)13-19(21)26(24(31)32)15-29(16-26)25(33)34-17(2)3;1-2-21-13(20)12-18-10-6-3-4-7-11(10)19(12)9-5-8-14(15,16)17;13-12(14,15)6-3-7-17-10-5-2-1-4-9(10)16-11(17)8-18;1-2-14-10(13)9-11-7-5-3-4-6-8(7)12-9/h2*10-11,13,17H,4-9,12,14-16H2,1-3H3;2-9H2,1H3;18H,1-8H2;2-6H2,1H3,(H,11,12). The second kappa shape index (κ2) is 40.4. The zero-order valence-electron chi connectivity index (χ0n) is 71.0. The summed E-state index contributed by atoms with van der Waals surface area (Å²) in [5.74, 6) is 2.18. The fourth-order valence-electron chi connectivity index (χ4n) is 18.0. The lowest BCUT2D eigenvalue weighted by Crippen LogP contribution is -2.65. The van der Waals surface area contributed by atoms with Crippen LogP contribution in [0.2, 0.25) is 0 Å². The Morgan fingerprint density at radius 1 is 0.479 bits per heavy atom. The van der Waals surface area contributed by atoms with E-state index >= 15 is 0 Å². The van der Waals surface area contributed by atoms with Gasteiger partial charge in [-0.1, -0.05) is 58.5 Å². The van der Waals surface area contributed by atoms with Gasteiger partial charge in [-0.2, -0.15) is 26.3 Å². The molecule has 4 aliphatic heterocycles. The van der Waals surface area contributed by atoms with E-state index in [1.54, 1.807) is 32.8 Å². The summed E-state index contributed by atoms with van der Waals surface area (Å²) >= 11 is 7.16. The van der Waals surface area contributed by atoms with Gasteiger partial charge in [0, 0.05) is 114 Å². The molecule has 4 amide bonds. The van der Waals surface area contributed by atoms with Crippen LogP contribution in [0.4, 0.5) is 47.3 Å². The number of ether oxygens (including phenoxy) is 4. The Hall–Kier alpha value is -8.59. The highest BCUT2D eigenvalue weighted by atomic mass is 79.9. The Bertz CT molecular complexity index is 4620. The summed E-state index contributed by atoms with van der Waals surface area (Å²) in [6, 6.07) is 12.1. The molecule has 0 bridgehead atoms. The minimum atomic E-state index is -4.18. The number of hydrogen-bond donors (Lipinski definition) is 2. The van der Waals surface area contributed by atoms with E-state index < -0.39 is 42.0 Å². The topological polar surface area (TPSA) is 272 Å². The van der Waals surface area contributed by atoms with Crippen LogP contribution in [0.5, 0.6) is 0 Å². The molecule has 2 fully saturated rings.